The molecule has 0 radical (unpaired) electrons. The monoisotopic (exact) mass is 658 g/mol. The van der Waals surface area contributed by atoms with Crippen LogP contribution < -0.4 is 9.47 Å². The van der Waals surface area contributed by atoms with Crippen molar-refractivity contribution >= 4 is 28.9 Å². The van der Waals surface area contributed by atoms with Gasteiger partial charge in [-0.1, -0.05) is 12.1 Å². The van der Waals surface area contributed by atoms with Gasteiger partial charge in [0.1, 0.15) is 6.61 Å². The van der Waals surface area contributed by atoms with Gasteiger partial charge in [0, 0.05) is 57.9 Å². The lowest BCUT2D eigenvalue weighted by Gasteiger charge is -2.36. The lowest BCUT2D eigenvalue weighted by atomic mass is 10.0. The average Bonchev–Trinajstić information content (AvgIpc) is 3.38. The van der Waals surface area contributed by atoms with Gasteiger partial charge in [-0.25, -0.2) is 0 Å². The summed E-state index contributed by atoms with van der Waals surface area (Å²) in [6.45, 7) is 8.04. The molecule has 244 valence electrons. The van der Waals surface area contributed by atoms with E-state index in [2.05, 4.69) is 19.7 Å². The molecule has 0 aromatic heterocycles. The largest absolute Gasteiger partial charge is 0.493 e. The van der Waals surface area contributed by atoms with Gasteiger partial charge in [-0.3, -0.25) is 14.6 Å². The summed E-state index contributed by atoms with van der Waals surface area (Å²) in [7, 11) is 1.34. The number of carbonyl (C=O) groups is 1. The first kappa shape index (κ1) is 33.1. The smallest absolute Gasteiger partial charge is 0.416 e. The van der Waals surface area contributed by atoms with E-state index in [0.29, 0.717) is 21.7 Å². The fourth-order valence-electron chi connectivity index (χ4n) is 5.15. The van der Waals surface area contributed by atoms with Gasteiger partial charge in [0.15, 0.2) is 16.7 Å². The third-order valence-corrected chi connectivity index (χ3v) is 8.74. The zero-order chi connectivity index (χ0) is 32.2. The summed E-state index contributed by atoms with van der Waals surface area (Å²) < 4.78 is 95.8. The number of morpholine rings is 1. The molecule has 0 aliphatic carbocycles. The van der Waals surface area contributed by atoms with Crippen molar-refractivity contribution in [2.24, 2.45) is 4.99 Å². The van der Waals surface area contributed by atoms with Crippen molar-refractivity contribution in [3.8, 4) is 11.5 Å². The van der Waals surface area contributed by atoms with Gasteiger partial charge in [0.2, 0.25) is 0 Å². The Kier molecular flexibility index (Phi) is 10.3. The van der Waals surface area contributed by atoms with Crippen LogP contribution in [0, 0.1) is 0 Å². The van der Waals surface area contributed by atoms with Gasteiger partial charge in [0.05, 0.1) is 36.4 Å². The van der Waals surface area contributed by atoms with E-state index in [1.54, 1.807) is 18.2 Å². The number of amides is 1. The second-order valence-corrected chi connectivity index (χ2v) is 11.7. The third-order valence-electron chi connectivity index (χ3n) is 7.70. The molecule has 0 bridgehead atoms. The first-order chi connectivity index (χ1) is 21.4. The molecule has 3 aliphatic heterocycles. The molecule has 2 fully saturated rings. The highest BCUT2D eigenvalue weighted by Gasteiger charge is 2.38. The van der Waals surface area contributed by atoms with Crippen LogP contribution in [0.5, 0.6) is 11.5 Å². The Morgan fingerprint density at radius 1 is 0.889 bits per heavy atom. The van der Waals surface area contributed by atoms with Gasteiger partial charge >= 0.3 is 12.4 Å². The Balaban J connectivity index is 1.18. The summed E-state index contributed by atoms with van der Waals surface area (Å²) in [6.07, 6.45) is -8.29. The average molecular weight is 659 g/mol. The van der Waals surface area contributed by atoms with Crippen LogP contribution in [0.3, 0.4) is 0 Å². The molecule has 0 unspecified atom stereocenters. The van der Waals surface area contributed by atoms with Gasteiger partial charge in [-0.2, -0.15) is 31.3 Å². The molecule has 0 N–H and O–H groups in total. The van der Waals surface area contributed by atoms with Crippen LogP contribution in [0.15, 0.2) is 46.3 Å². The van der Waals surface area contributed by atoms with E-state index < -0.39 is 35.6 Å². The molecule has 3 heterocycles. The Morgan fingerprint density at radius 2 is 1.58 bits per heavy atom. The fraction of sp³-hybridized carbons (Fsp3) is 0.467. The number of nitrogens with zero attached hydrogens (tertiary/aromatic N) is 4. The number of benzene rings is 2. The van der Waals surface area contributed by atoms with Gasteiger partial charge in [-0.05, 0) is 47.7 Å². The molecule has 2 saturated heterocycles. The van der Waals surface area contributed by atoms with Crippen molar-refractivity contribution in [3.05, 3.63) is 63.6 Å². The van der Waals surface area contributed by atoms with Crippen LogP contribution in [-0.2, 0) is 28.5 Å². The number of ether oxygens (including phenoxy) is 3. The number of alkyl halides is 6. The number of halogens is 6. The predicted molar refractivity (Wildman–Crippen MR) is 157 cm³/mol. The summed E-state index contributed by atoms with van der Waals surface area (Å²) in [6, 6.07) is 6.03. The minimum absolute atomic E-state index is 0.0738. The lowest BCUT2D eigenvalue weighted by molar-refractivity contribution is -0.143. The molecule has 45 heavy (non-hydrogen) atoms. The molecule has 8 nitrogen and oxygen atoms in total. The molecule has 15 heteroatoms. The summed E-state index contributed by atoms with van der Waals surface area (Å²) >= 11 is 1.28. The number of amidine groups is 1. The quantitative estimate of drug-likeness (QED) is 0.282. The van der Waals surface area contributed by atoms with Crippen molar-refractivity contribution in [3.63, 3.8) is 0 Å². The van der Waals surface area contributed by atoms with Crippen molar-refractivity contribution in [2.75, 3.05) is 72.7 Å². The second kappa shape index (κ2) is 14.0. The lowest BCUT2D eigenvalue weighted by Crippen LogP contribution is -2.50. The Hall–Kier alpha value is -3.27. The van der Waals surface area contributed by atoms with Crippen molar-refractivity contribution in [1.29, 1.82) is 0 Å². The molecule has 2 aromatic rings. The summed E-state index contributed by atoms with van der Waals surface area (Å²) in [4.78, 5) is 24.3. The number of aliphatic imine (C=N–C) groups is 1. The number of piperazine rings is 1. The standard InChI is InChI=1S/C30H32F6N4O4S/c1-42-25-16-20(2-5-24(25)44-19-21-3-4-22(29(31,32)33)18-23(21)30(34,35)36)17-26-27(41)37-28(45-26)40-10-8-38(9-11-40)6-7-39-12-14-43-15-13-39/h2-5,16-18H,6-15,19H2,1H3/b26-17-. The molecule has 0 atom stereocenters. The summed E-state index contributed by atoms with van der Waals surface area (Å²) in [5.41, 5.74) is -2.72. The first-order valence-electron chi connectivity index (χ1n) is 14.3. The van der Waals surface area contributed by atoms with Crippen LogP contribution in [-0.4, -0.2) is 98.5 Å². The highest BCUT2D eigenvalue weighted by molar-refractivity contribution is 8.18. The zero-order valence-electron chi connectivity index (χ0n) is 24.4. The Morgan fingerprint density at radius 3 is 2.22 bits per heavy atom. The van der Waals surface area contributed by atoms with E-state index in [0.717, 1.165) is 71.6 Å². The molecular weight excluding hydrogens is 626 g/mol. The van der Waals surface area contributed by atoms with Crippen LogP contribution in [0.4, 0.5) is 26.3 Å². The normalized spacial score (nSPS) is 19.7. The Labute approximate surface area is 260 Å². The van der Waals surface area contributed by atoms with Gasteiger partial charge < -0.3 is 19.1 Å². The first-order valence-corrected chi connectivity index (χ1v) is 15.1. The summed E-state index contributed by atoms with van der Waals surface area (Å²) in [5.74, 6) is -0.109. The van der Waals surface area contributed by atoms with Gasteiger partial charge in [-0.15, -0.1) is 0 Å². The van der Waals surface area contributed by atoms with Crippen LogP contribution in [0.25, 0.3) is 6.08 Å². The van der Waals surface area contributed by atoms with Crippen molar-refractivity contribution < 1.29 is 45.3 Å². The zero-order valence-corrected chi connectivity index (χ0v) is 25.2. The van der Waals surface area contributed by atoms with E-state index in [1.807, 2.05) is 0 Å². The van der Waals surface area contributed by atoms with Crippen LogP contribution in [0.2, 0.25) is 0 Å². The fourth-order valence-corrected chi connectivity index (χ4v) is 6.11. The molecule has 1 amide bonds. The van der Waals surface area contributed by atoms with E-state index >= 15 is 0 Å². The molecule has 0 spiro atoms. The predicted octanol–water partition coefficient (Wildman–Crippen LogP) is 5.23. The minimum atomic E-state index is -5.01. The molecule has 5 rings (SSSR count). The Bertz CT molecular complexity index is 1430. The number of thioether (sulfide) groups is 1. The maximum Gasteiger partial charge on any atom is 0.416 e. The maximum absolute atomic E-state index is 13.5. The number of carbonyl (C=O) groups excluding carboxylic acids is 1. The summed E-state index contributed by atoms with van der Waals surface area (Å²) in [5, 5.41) is 0.642. The molecule has 2 aromatic carbocycles. The van der Waals surface area contributed by atoms with E-state index in [-0.39, 0.29) is 23.5 Å². The molecule has 3 aliphatic rings. The maximum atomic E-state index is 13.5. The third kappa shape index (κ3) is 8.51. The van der Waals surface area contributed by atoms with Crippen molar-refractivity contribution in [1.82, 2.24) is 14.7 Å². The number of rotatable bonds is 8. The van der Waals surface area contributed by atoms with Crippen LogP contribution >= 0.6 is 11.8 Å². The highest BCUT2D eigenvalue weighted by atomic mass is 32.2. The molecular formula is C30H32F6N4O4S. The SMILES string of the molecule is COc1cc(/C=C2\SC(N3CCN(CCN4CCOCC4)CC3)=NC2=O)ccc1OCc1ccc(C(F)(F)F)cc1C(F)(F)F. The number of methoxy groups -OCH3 is 1. The second-order valence-electron chi connectivity index (χ2n) is 10.7. The van der Waals surface area contributed by atoms with Gasteiger partial charge in [0.25, 0.3) is 5.91 Å². The van der Waals surface area contributed by atoms with Crippen molar-refractivity contribution in [2.45, 2.75) is 19.0 Å². The minimum Gasteiger partial charge on any atom is -0.493 e. The highest BCUT2D eigenvalue weighted by Crippen LogP contribution is 2.39. The van der Waals surface area contributed by atoms with Crippen LogP contribution in [0.1, 0.15) is 22.3 Å². The number of hydrogen-bond donors (Lipinski definition) is 0. The van der Waals surface area contributed by atoms with E-state index in [1.165, 1.54) is 24.9 Å². The van der Waals surface area contributed by atoms with E-state index in [4.69, 9.17) is 14.2 Å². The topological polar surface area (TPSA) is 66.8 Å². The van der Waals surface area contributed by atoms with E-state index in [9.17, 15) is 31.1 Å². The number of hydrogen-bond acceptors (Lipinski definition) is 8. The molecule has 0 saturated carbocycles.